The smallest absolute Gasteiger partial charge is 0.324 e. The maximum absolute atomic E-state index is 12.4. The number of hydrogen-bond acceptors (Lipinski definition) is 6. The van der Waals surface area contributed by atoms with Gasteiger partial charge in [-0.1, -0.05) is 42.5 Å². The fourth-order valence-corrected chi connectivity index (χ4v) is 4.78. The van der Waals surface area contributed by atoms with E-state index in [0.29, 0.717) is 18.5 Å². The van der Waals surface area contributed by atoms with Crippen LogP contribution in [0, 0.1) is 10.8 Å². The second-order valence-electron chi connectivity index (χ2n) is 8.63. The number of aliphatic hydroxyl groups excluding tert-OH is 1. The Kier molecular flexibility index (Phi) is 5.29. The molecule has 1 aliphatic heterocycles. The highest BCUT2D eigenvalue weighted by atomic mass is 16.6. The van der Waals surface area contributed by atoms with Crippen molar-refractivity contribution in [2.24, 2.45) is 5.41 Å². The predicted octanol–water partition coefficient (Wildman–Crippen LogP) is 1.56. The van der Waals surface area contributed by atoms with Gasteiger partial charge in [0.25, 0.3) is 0 Å². The second-order valence-corrected chi connectivity index (χ2v) is 8.63. The Morgan fingerprint density at radius 3 is 2.65 bits per heavy atom. The first-order valence-electron chi connectivity index (χ1n) is 10.3. The Balaban J connectivity index is 1.49. The van der Waals surface area contributed by atoms with Crippen molar-refractivity contribution in [1.82, 2.24) is 5.32 Å². The number of esters is 1. The molecule has 0 radical (unpaired) electrons. The molecule has 2 unspecified atom stereocenters. The lowest BCUT2D eigenvalue weighted by atomic mass is 9.88. The molecule has 4 atom stereocenters. The largest absolute Gasteiger partial charge is 0.457 e. The van der Waals surface area contributed by atoms with Gasteiger partial charge in [-0.15, -0.1) is 0 Å². The average molecular weight is 423 g/mol. The van der Waals surface area contributed by atoms with Crippen molar-refractivity contribution in [3.05, 3.63) is 59.7 Å². The predicted molar refractivity (Wildman–Crippen MR) is 116 cm³/mol. The number of Topliss-reactive ketones (excluding diaryl/α,β-unsaturated/α-hetero) is 1. The molecule has 1 aliphatic carbocycles. The molecule has 0 bridgehead atoms. The SMILES string of the molecule is CC(=O)C(=N)c1ccc(-c2cccc(CN[C@@H]3C(=O)OC4(C)C[C@@]34C([OH2+])CO)c2)cc1. The number of benzene rings is 2. The molecule has 0 spiro atoms. The van der Waals surface area contributed by atoms with Gasteiger partial charge in [-0.25, -0.2) is 0 Å². The number of carbonyl (C=O) groups excluding carboxylic acids is 2. The van der Waals surface area contributed by atoms with Crippen molar-refractivity contribution in [3.63, 3.8) is 0 Å². The van der Waals surface area contributed by atoms with E-state index in [2.05, 4.69) is 5.32 Å². The molecule has 2 aliphatic rings. The third-order valence-corrected chi connectivity index (χ3v) is 6.67. The molecule has 1 heterocycles. The topological polar surface area (TPSA) is 122 Å². The van der Waals surface area contributed by atoms with E-state index in [1.165, 1.54) is 6.92 Å². The van der Waals surface area contributed by atoms with Gasteiger partial charge in [0.2, 0.25) is 0 Å². The van der Waals surface area contributed by atoms with Crippen LogP contribution in [0.25, 0.3) is 11.1 Å². The Morgan fingerprint density at radius 1 is 1.29 bits per heavy atom. The second kappa shape index (κ2) is 7.67. The van der Waals surface area contributed by atoms with Gasteiger partial charge < -0.3 is 14.9 Å². The van der Waals surface area contributed by atoms with Crippen LogP contribution in [0.5, 0.6) is 0 Å². The van der Waals surface area contributed by atoms with Crippen LogP contribution in [0.2, 0.25) is 0 Å². The van der Waals surface area contributed by atoms with Crippen LogP contribution >= 0.6 is 0 Å². The minimum absolute atomic E-state index is 0.00969. The fraction of sp³-hybridized carbons (Fsp3) is 0.375. The maximum Gasteiger partial charge on any atom is 0.324 e. The van der Waals surface area contributed by atoms with E-state index in [1.54, 1.807) is 12.1 Å². The molecule has 1 saturated carbocycles. The number of fused-ring (bicyclic) bond motifs is 1. The standard InChI is InChI=1S/C24H26N2O5/c1-14(28)20(25)17-8-6-16(7-9-17)18-5-3-4-15(10-18)11-26-21-22(30)31-23(2)13-24(21,23)19(29)12-27/h3-10,19,21,25-27,29H,11-13H2,1-2H3/p+1/t19?,21-,23?,24-/m1/s1. The van der Waals surface area contributed by atoms with Crippen LogP contribution < -0.4 is 5.32 Å². The molecule has 7 heteroatoms. The Labute approximate surface area is 180 Å². The van der Waals surface area contributed by atoms with Crippen LogP contribution in [0.15, 0.2) is 48.5 Å². The van der Waals surface area contributed by atoms with E-state index in [4.69, 9.17) is 15.3 Å². The summed E-state index contributed by atoms with van der Waals surface area (Å²) < 4.78 is 5.52. The number of rotatable bonds is 8. The van der Waals surface area contributed by atoms with Crippen molar-refractivity contribution in [3.8, 4) is 11.1 Å². The highest BCUT2D eigenvalue weighted by Gasteiger charge is 2.82. The number of nitrogens with one attached hydrogen (secondary N) is 2. The van der Waals surface area contributed by atoms with E-state index in [1.807, 2.05) is 43.3 Å². The molecule has 31 heavy (non-hydrogen) atoms. The summed E-state index contributed by atoms with van der Waals surface area (Å²) >= 11 is 0. The molecule has 1 saturated heterocycles. The lowest BCUT2D eigenvalue weighted by Gasteiger charge is -2.22. The minimum Gasteiger partial charge on any atom is -0.457 e. The number of ketones is 1. The molecular weight excluding hydrogens is 396 g/mol. The van der Waals surface area contributed by atoms with Gasteiger partial charge in [0.1, 0.15) is 29.4 Å². The zero-order valence-corrected chi connectivity index (χ0v) is 17.6. The summed E-state index contributed by atoms with van der Waals surface area (Å²) in [5, 5.41) is 28.8. The zero-order chi connectivity index (χ0) is 22.4. The van der Waals surface area contributed by atoms with Gasteiger partial charge in [0.15, 0.2) is 11.9 Å². The molecule has 2 aromatic carbocycles. The van der Waals surface area contributed by atoms with Gasteiger partial charge in [-0.3, -0.25) is 20.3 Å². The quantitative estimate of drug-likeness (QED) is 0.338. The number of hydrogen-bond donors (Lipinski definition) is 3. The summed E-state index contributed by atoms with van der Waals surface area (Å²) in [5.74, 6) is -0.633. The van der Waals surface area contributed by atoms with Crippen LogP contribution in [-0.2, 0) is 20.9 Å². The molecular formula is C24H27N2O5+. The first kappa shape index (κ1) is 21.4. The zero-order valence-electron chi connectivity index (χ0n) is 17.6. The summed E-state index contributed by atoms with van der Waals surface area (Å²) in [4.78, 5) is 23.8. The highest BCUT2D eigenvalue weighted by Crippen LogP contribution is 2.67. The lowest BCUT2D eigenvalue weighted by molar-refractivity contribution is -0.146. The fourth-order valence-electron chi connectivity index (χ4n) is 4.78. The van der Waals surface area contributed by atoms with Crippen molar-refractivity contribution >= 4 is 17.5 Å². The monoisotopic (exact) mass is 423 g/mol. The van der Waals surface area contributed by atoms with Crippen molar-refractivity contribution in [2.45, 2.75) is 44.6 Å². The van der Waals surface area contributed by atoms with Gasteiger partial charge in [-0.2, -0.15) is 0 Å². The van der Waals surface area contributed by atoms with E-state index < -0.39 is 23.2 Å². The number of carbonyl (C=O) groups is 2. The summed E-state index contributed by atoms with van der Waals surface area (Å²) in [5.41, 5.74) is 2.13. The van der Waals surface area contributed by atoms with Crippen molar-refractivity contribution < 1.29 is 24.5 Å². The Morgan fingerprint density at radius 2 is 2.00 bits per heavy atom. The molecule has 5 N–H and O–H groups in total. The summed E-state index contributed by atoms with van der Waals surface area (Å²) in [7, 11) is 0. The van der Waals surface area contributed by atoms with Crippen LogP contribution in [0.4, 0.5) is 0 Å². The van der Waals surface area contributed by atoms with Crippen molar-refractivity contribution in [1.29, 1.82) is 5.41 Å². The van der Waals surface area contributed by atoms with E-state index in [9.17, 15) is 14.7 Å². The lowest BCUT2D eigenvalue weighted by Crippen LogP contribution is -2.47. The van der Waals surface area contributed by atoms with Gasteiger partial charge in [-0.05, 0) is 29.7 Å². The van der Waals surface area contributed by atoms with E-state index >= 15 is 0 Å². The van der Waals surface area contributed by atoms with Gasteiger partial charge in [0, 0.05) is 25.5 Å². The molecule has 162 valence electrons. The molecule has 2 aromatic rings. The normalized spacial score (nSPS) is 27.4. The first-order valence-corrected chi connectivity index (χ1v) is 10.3. The number of ether oxygens (including phenoxy) is 1. The molecule has 0 amide bonds. The summed E-state index contributed by atoms with van der Waals surface area (Å²) in [6.07, 6.45) is -0.195. The first-order chi connectivity index (χ1) is 14.7. The third kappa shape index (κ3) is 3.48. The van der Waals surface area contributed by atoms with Crippen molar-refractivity contribution in [2.75, 3.05) is 6.61 Å². The molecule has 4 rings (SSSR count). The molecule has 2 fully saturated rings. The molecule has 7 nitrogen and oxygen atoms in total. The summed E-state index contributed by atoms with van der Waals surface area (Å²) in [6, 6.07) is 14.5. The minimum atomic E-state index is -0.778. The molecule has 0 aromatic heterocycles. The Bertz CT molecular complexity index is 1050. The van der Waals surface area contributed by atoms with Crippen LogP contribution in [0.3, 0.4) is 0 Å². The van der Waals surface area contributed by atoms with Gasteiger partial charge in [0.05, 0.1) is 0 Å². The third-order valence-electron chi connectivity index (χ3n) is 6.67. The van der Waals surface area contributed by atoms with E-state index in [0.717, 1.165) is 16.7 Å². The maximum atomic E-state index is 12.4. The van der Waals surface area contributed by atoms with Crippen LogP contribution in [-0.4, -0.2) is 52.0 Å². The summed E-state index contributed by atoms with van der Waals surface area (Å²) in [6.45, 7) is 3.33. The van der Waals surface area contributed by atoms with Gasteiger partial charge >= 0.3 is 5.97 Å². The van der Waals surface area contributed by atoms with Crippen LogP contribution in [0.1, 0.15) is 31.4 Å². The highest BCUT2D eigenvalue weighted by molar-refractivity contribution is 6.44. The Hall–Kier alpha value is -2.87. The van der Waals surface area contributed by atoms with E-state index in [-0.39, 0.29) is 24.1 Å². The number of aliphatic hydroxyl groups is 1. The average Bonchev–Trinajstić information content (AvgIpc) is 3.30.